The monoisotopic (exact) mass is 458 g/mol. The van der Waals surface area contributed by atoms with E-state index in [1.54, 1.807) is 16.9 Å². The van der Waals surface area contributed by atoms with E-state index in [0.29, 0.717) is 11.1 Å². The van der Waals surface area contributed by atoms with E-state index in [9.17, 15) is 31.2 Å². The summed E-state index contributed by atoms with van der Waals surface area (Å²) in [5.74, 6) is 2.04. The van der Waals surface area contributed by atoms with E-state index in [-0.39, 0.29) is 17.9 Å². The topological polar surface area (TPSA) is 133 Å². The van der Waals surface area contributed by atoms with Crippen LogP contribution < -0.4 is 16.1 Å². The zero-order valence-corrected chi connectivity index (χ0v) is 16.9. The molecule has 166 valence electrons. The number of esters is 1. The van der Waals surface area contributed by atoms with Gasteiger partial charge in [-0.2, -0.15) is 18.2 Å². The van der Waals surface area contributed by atoms with Gasteiger partial charge in [0.25, 0.3) is 0 Å². The molecule has 0 spiro atoms. The third-order valence-corrected chi connectivity index (χ3v) is 5.00. The van der Waals surface area contributed by atoms with Gasteiger partial charge in [0.05, 0.1) is 31.3 Å². The summed E-state index contributed by atoms with van der Waals surface area (Å²) in [5, 5.41) is 0. The van der Waals surface area contributed by atoms with Gasteiger partial charge in [0.2, 0.25) is 10.0 Å². The van der Waals surface area contributed by atoms with Crippen molar-refractivity contribution in [1.82, 2.24) is 14.3 Å². The lowest BCUT2D eigenvalue weighted by atomic mass is 10.1. The maximum atomic E-state index is 12.2. The molecule has 31 heavy (non-hydrogen) atoms. The van der Waals surface area contributed by atoms with Gasteiger partial charge in [0.15, 0.2) is 5.75 Å². The van der Waals surface area contributed by atoms with Crippen molar-refractivity contribution >= 4 is 21.8 Å². The van der Waals surface area contributed by atoms with Gasteiger partial charge in [-0.05, 0) is 17.7 Å². The Morgan fingerprint density at radius 3 is 2.52 bits per heavy atom. The molecule has 2 rings (SSSR count). The normalized spacial score (nSPS) is 11.5. The van der Waals surface area contributed by atoms with Crippen molar-refractivity contribution in [2.24, 2.45) is 0 Å². The minimum Gasteiger partial charge on any atom is -0.465 e. The molecule has 0 atom stereocenters. The number of benzene rings is 1. The van der Waals surface area contributed by atoms with Crippen LogP contribution in [-0.2, 0) is 21.3 Å². The molecule has 1 aromatic heterocycles. The highest BCUT2D eigenvalue weighted by molar-refractivity contribution is 7.89. The first kappa shape index (κ1) is 23.9. The van der Waals surface area contributed by atoms with E-state index < -0.39 is 40.2 Å². The zero-order valence-electron chi connectivity index (χ0n) is 16.1. The summed E-state index contributed by atoms with van der Waals surface area (Å²) in [6.07, 6.45) is -3.59. The Balaban J connectivity index is 2.14. The van der Waals surface area contributed by atoms with Gasteiger partial charge < -0.3 is 10.5 Å². The predicted molar refractivity (Wildman–Crippen MR) is 105 cm³/mol. The second kappa shape index (κ2) is 9.63. The van der Waals surface area contributed by atoms with Crippen LogP contribution in [0.4, 0.5) is 19.0 Å². The van der Waals surface area contributed by atoms with Crippen molar-refractivity contribution in [3.63, 3.8) is 0 Å². The fourth-order valence-electron chi connectivity index (χ4n) is 2.33. The van der Waals surface area contributed by atoms with Crippen molar-refractivity contribution in [2.75, 3.05) is 25.1 Å². The summed E-state index contributed by atoms with van der Waals surface area (Å²) in [5.41, 5.74) is 6.03. The molecular weight excluding hydrogens is 441 g/mol. The number of alkyl halides is 3. The van der Waals surface area contributed by atoms with Crippen LogP contribution in [0.2, 0.25) is 0 Å². The van der Waals surface area contributed by atoms with Gasteiger partial charge in [-0.25, -0.2) is 22.7 Å². The Bertz CT molecular complexity index is 1180. The number of sulfonamides is 1. The number of carbonyl (C=O) groups is 1. The molecule has 0 fully saturated rings. The lowest BCUT2D eigenvalue weighted by Crippen LogP contribution is -2.33. The highest BCUT2D eigenvalue weighted by Crippen LogP contribution is 2.16. The van der Waals surface area contributed by atoms with Crippen LogP contribution in [0.25, 0.3) is 0 Å². The van der Waals surface area contributed by atoms with E-state index in [1.807, 2.05) is 0 Å². The number of nitrogens with zero attached hydrogens (tertiary/aromatic N) is 2. The number of nitrogens with one attached hydrogen (secondary N) is 1. The molecule has 0 aliphatic rings. The second-order valence-corrected chi connectivity index (χ2v) is 7.94. The van der Waals surface area contributed by atoms with Gasteiger partial charge >= 0.3 is 17.8 Å². The van der Waals surface area contributed by atoms with Crippen molar-refractivity contribution in [1.29, 1.82) is 0 Å². The number of hydrogen-bond donors (Lipinski definition) is 2. The van der Waals surface area contributed by atoms with E-state index in [0.717, 1.165) is 0 Å². The van der Waals surface area contributed by atoms with Crippen LogP contribution in [0, 0.1) is 11.8 Å². The third kappa shape index (κ3) is 7.43. The Morgan fingerprint density at radius 2 is 1.94 bits per heavy atom. The fraction of sp³-hybridized carbons (Fsp3) is 0.278. The SMILES string of the molecule is COC(=O)c1ccc(Cn2cc(C#CCNS(=O)(=O)CC(F)(F)F)c(N)nc2=O)cc1. The zero-order chi connectivity index (χ0) is 23.2. The maximum Gasteiger partial charge on any atom is 0.404 e. The summed E-state index contributed by atoms with van der Waals surface area (Å²) >= 11 is 0. The number of halogens is 3. The van der Waals surface area contributed by atoms with Gasteiger partial charge in [-0.1, -0.05) is 24.0 Å². The van der Waals surface area contributed by atoms with Crippen LogP contribution in [0.15, 0.2) is 35.3 Å². The summed E-state index contributed by atoms with van der Waals surface area (Å²) < 4.78 is 66.6. The highest BCUT2D eigenvalue weighted by atomic mass is 32.2. The Labute approximate surface area is 175 Å². The van der Waals surface area contributed by atoms with Gasteiger partial charge in [0.1, 0.15) is 5.82 Å². The second-order valence-electron chi connectivity index (χ2n) is 6.14. The summed E-state index contributed by atoms with van der Waals surface area (Å²) in [7, 11) is -3.33. The minimum atomic E-state index is -4.88. The lowest BCUT2D eigenvalue weighted by Gasteiger charge is -2.08. The third-order valence-electron chi connectivity index (χ3n) is 3.71. The largest absolute Gasteiger partial charge is 0.465 e. The van der Waals surface area contributed by atoms with Gasteiger partial charge in [-0.3, -0.25) is 4.57 Å². The molecule has 0 radical (unpaired) electrons. The molecule has 0 aliphatic carbocycles. The number of aromatic nitrogens is 2. The van der Waals surface area contributed by atoms with Crippen LogP contribution >= 0.6 is 0 Å². The van der Waals surface area contributed by atoms with E-state index >= 15 is 0 Å². The fourth-order valence-corrected chi connectivity index (χ4v) is 3.15. The maximum absolute atomic E-state index is 12.2. The van der Waals surface area contributed by atoms with E-state index in [1.165, 1.54) is 30.0 Å². The first-order valence-electron chi connectivity index (χ1n) is 8.47. The summed E-state index contributed by atoms with van der Waals surface area (Å²) in [6.45, 7) is -0.521. The Hall–Kier alpha value is -3.37. The molecule has 1 heterocycles. The molecule has 2 aromatic rings. The molecule has 9 nitrogen and oxygen atoms in total. The molecule has 0 aliphatic heterocycles. The predicted octanol–water partition coefficient (Wildman–Crippen LogP) is 0.494. The summed E-state index contributed by atoms with van der Waals surface area (Å²) in [6, 6.07) is 6.25. The molecule has 0 saturated heterocycles. The average molecular weight is 458 g/mol. The standard InChI is InChI=1S/C18H17F3N4O5S/c1-30-16(26)13-6-4-12(5-7-13)9-25-10-14(15(22)24-17(25)27)3-2-8-23-31(28,29)11-18(19,20)21/h4-7,10,23H,8-9,11H2,1H3,(H2,22,24,27). The van der Waals surface area contributed by atoms with E-state index in [4.69, 9.17) is 5.73 Å². The number of carbonyl (C=O) groups excluding carboxylic acids is 1. The molecule has 1 aromatic carbocycles. The van der Waals surface area contributed by atoms with Crippen molar-refractivity contribution in [3.8, 4) is 11.8 Å². The Kier molecular flexibility index (Phi) is 7.42. The number of rotatable bonds is 6. The molecule has 0 saturated carbocycles. The van der Waals surface area contributed by atoms with Crippen molar-refractivity contribution in [2.45, 2.75) is 12.7 Å². The average Bonchev–Trinajstić information content (AvgIpc) is 2.66. The number of anilines is 1. The van der Waals surface area contributed by atoms with Crippen LogP contribution in [-0.4, -0.2) is 49.5 Å². The molecular formula is C18H17F3N4O5S. The first-order valence-corrected chi connectivity index (χ1v) is 10.1. The number of methoxy groups -OCH3 is 1. The molecule has 3 N–H and O–H groups in total. The molecule has 0 amide bonds. The van der Waals surface area contributed by atoms with Crippen molar-refractivity contribution < 1.29 is 31.1 Å². The number of ether oxygens (including phenoxy) is 1. The molecule has 0 unspecified atom stereocenters. The first-order chi connectivity index (χ1) is 14.4. The molecule has 0 bridgehead atoms. The highest BCUT2D eigenvalue weighted by Gasteiger charge is 2.34. The lowest BCUT2D eigenvalue weighted by molar-refractivity contribution is -0.106. The van der Waals surface area contributed by atoms with Gasteiger partial charge in [0, 0.05) is 6.20 Å². The van der Waals surface area contributed by atoms with Gasteiger partial charge in [-0.15, -0.1) is 0 Å². The number of nitrogens with two attached hydrogens (primary N) is 1. The number of hydrogen-bond acceptors (Lipinski definition) is 7. The minimum absolute atomic E-state index is 0.0699. The van der Waals surface area contributed by atoms with Crippen LogP contribution in [0.5, 0.6) is 0 Å². The number of nitrogen functional groups attached to an aromatic ring is 1. The quantitative estimate of drug-likeness (QED) is 0.476. The van der Waals surface area contributed by atoms with Crippen LogP contribution in [0.1, 0.15) is 21.5 Å². The Morgan fingerprint density at radius 1 is 1.29 bits per heavy atom. The summed E-state index contributed by atoms with van der Waals surface area (Å²) in [4.78, 5) is 27.1. The smallest absolute Gasteiger partial charge is 0.404 e. The molecule has 13 heteroatoms. The van der Waals surface area contributed by atoms with E-state index in [2.05, 4.69) is 21.6 Å². The van der Waals surface area contributed by atoms with Crippen LogP contribution in [0.3, 0.4) is 0 Å². The van der Waals surface area contributed by atoms with Crippen molar-refractivity contribution in [3.05, 3.63) is 57.6 Å².